The summed E-state index contributed by atoms with van der Waals surface area (Å²) < 4.78 is 38.4. The fourth-order valence-corrected chi connectivity index (χ4v) is 1.89. The van der Waals surface area contributed by atoms with Crippen LogP contribution in [-0.2, 0) is 6.18 Å². The van der Waals surface area contributed by atoms with Crippen molar-refractivity contribution in [1.82, 2.24) is 5.43 Å². The van der Waals surface area contributed by atoms with Gasteiger partial charge in [0, 0.05) is 11.3 Å². The van der Waals surface area contributed by atoms with Crippen molar-refractivity contribution >= 4 is 17.9 Å². The van der Waals surface area contributed by atoms with E-state index >= 15 is 0 Å². The van der Waals surface area contributed by atoms with Gasteiger partial charge >= 0.3 is 12.2 Å². The zero-order valence-corrected chi connectivity index (χ0v) is 12.2. The van der Waals surface area contributed by atoms with Gasteiger partial charge in [-0.1, -0.05) is 36.4 Å². The average Bonchev–Trinajstić information content (AvgIpc) is 2.49. The summed E-state index contributed by atoms with van der Waals surface area (Å²) in [7, 11) is 0. The Morgan fingerprint density at radius 1 is 1.09 bits per heavy atom. The number of aryl methyl sites for hydroxylation is 1. The van der Waals surface area contributed by atoms with Gasteiger partial charge in [0.1, 0.15) is 0 Å². The van der Waals surface area contributed by atoms with Gasteiger partial charge in [-0.2, -0.15) is 18.3 Å². The molecule has 0 unspecified atom stereocenters. The van der Waals surface area contributed by atoms with Crippen LogP contribution >= 0.6 is 0 Å². The van der Waals surface area contributed by atoms with Gasteiger partial charge in [-0.25, -0.2) is 10.2 Å². The van der Waals surface area contributed by atoms with Crippen molar-refractivity contribution in [3.05, 3.63) is 65.2 Å². The minimum absolute atomic E-state index is 0.129. The van der Waals surface area contributed by atoms with Crippen LogP contribution in [0.3, 0.4) is 0 Å². The highest BCUT2D eigenvalue weighted by Crippen LogP contribution is 2.31. The normalized spacial score (nSPS) is 11.5. The summed E-state index contributed by atoms with van der Waals surface area (Å²) >= 11 is 0. The first-order chi connectivity index (χ1) is 10.9. The van der Waals surface area contributed by atoms with E-state index in [2.05, 4.69) is 15.8 Å². The Bertz CT molecular complexity index is 727. The standard InChI is InChI=1S/C16H14F3N3O/c1-11-6-2-5-9-14(11)21-15(23)22-20-10-12-7-3-4-8-13(12)16(17,18)19/h2-10H,1H3,(H2,21,22,23)/b20-10-. The molecule has 0 radical (unpaired) electrons. The molecule has 2 rings (SSSR count). The molecule has 4 nitrogen and oxygen atoms in total. The van der Waals surface area contributed by atoms with Gasteiger partial charge in [-0.15, -0.1) is 0 Å². The molecule has 2 N–H and O–H groups in total. The third kappa shape index (κ3) is 4.57. The van der Waals surface area contributed by atoms with E-state index in [1.54, 1.807) is 12.1 Å². The molecule has 0 aliphatic carbocycles. The van der Waals surface area contributed by atoms with Gasteiger partial charge in [-0.3, -0.25) is 0 Å². The van der Waals surface area contributed by atoms with Crippen molar-refractivity contribution in [1.29, 1.82) is 0 Å². The number of para-hydroxylation sites is 1. The highest BCUT2D eigenvalue weighted by Gasteiger charge is 2.32. The van der Waals surface area contributed by atoms with E-state index in [9.17, 15) is 18.0 Å². The fourth-order valence-electron chi connectivity index (χ4n) is 1.89. The summed E-state index contributed by atoms with van der Waals surface area (Å²) in [6.07, 6.45) is -3.52. The summed E-state index contributed by atoms with van der Waals surface area (Å²) in [6, 6.07) is 11.4. The van der Waals surface area contributed by atoms with Crippen LogP contribution in [-0.4, -0.2) is 12.2 Å². The number of nitrogens with zero attached hydrogens (tertiary/aromatic N) is 1. The fraction of sp³-hybridized carbons (Fsp3) is 0.125. The van der Waals surface area contributed by atoms with Crippen LogP contribution in [0.2, 0.25) is 0 Å². The first-order valence-corrected chi connectivity index (χ1v) is 6.70. The van der Waals surface area contributed by atoms with Crippen molar-refractivity contribution < 1.29 is 18.0 Å². The second-order valence-electron chi connectivity index (χ2n) is 4.72. The van der Waals surface area contributed by atoms with E-state index in [1.807, 2.05) is 19.1 Å². The van der Waals surface area contributed by atoms with Crippen LogP contribution < -0.4 is 10.7 Å². The molecule has 0 bridgehead atoms. The zero-order chi connectivity index (χ0) is 16.9. The summed E-state index contributed by atoms with van der Waals surface area (Å²) in [5, 5.41) is 6.11. The van der Waals surface area contributed by atoms with Gasteiger partial charge < -0.3 is 5.32 Å². The molecule has 7 heteroatoms. The van der Waals surface area contributed by atoms with Gasteiger partial charge in [0.25, 0.3) is 0 Å². The summed E-state index contributed by atoms with van der Waals surface area (Å²) in [6.45, 7) is 1.82. The maximum atomic E-state index is 12.8. The first-order valence-electron chi connectivity index (χ1n) is 6.70. The van der Waals surface area contributed by atoms with E-state index in [-0.39, 0.29) is 5.56 Å². The van der Waals surface area contributed by atoms with E-state index in [4.69, 9.17) is 0 Å². The Balaban J connectivity index is 2.03. The molecule has 2 aromatic carbocycles. The van der Waals surface area contributed by atoms with Crippen LogP contribution in [0.1, 0.15) is 16.7 Å². The summed E-state index contributed by atoms with van der Waals surface area (Å²) in [4.78, 5) is 11.7. The van der Waals surface area contributed by atoms with Crippen LogP contribution in [0.25, 0.3) is 0 Å². The number of rotatable bonds is 3. The van der Waals surface area contributed by atoms with Gasteiger partial charge in [0.2, 0.25) is 0 Å². The SMILES string of the molecule is Cc1ccccc1NC(=O)N/N=C\c1ccccc1C(F)(F)F. The molecule has 0 heterocycles. The highest BCUT2D eigenvalue weighted by molar-refractivity contribution is 5.91. The van der Waals surface area contributed by atoms with E-state index in [0.717, 1.165) is 17.8 Å². The van der Waals surface area contributed by atoms with E-state index in [1.165, 1.54) is 18.2 Å². The quantitative estimate of drug-likeness (QED) is 0.647. The number of anilines is 1. The maximum absolute atomic E-state index is 12.8. The Morgan fingerprint density at radius 2 is 1.74 bits per heavy atom. The lowest BCUT2D eigenvalue weighted by Gasteiger charge is -2.09. The number of amides is 2. The molecule has 2 amide bonds. The lowest BCUT2D eigenvalue weighted by molar-refractivity contribution is -0.137. The molecular weight excluding hydrogens is 307 g/mol. The molecule has 0 saturated heterocycles. The Labute approximate surface area is 131 Å². The molecule has 0 fully saturated rings. The largest absolute Gasteiger partial charge is 0.417 e. The van der Waals surface area contributed by atoms with Crippen molar-refractivity contribution in [3.8, 4) is 0 Å². The van der Waals surface area contributed by atoms with E-state index in [0.29, 0.717) is 5.69 Å². The lowest BCUT2D eigenvalue weighted by Crippen LogP contribution is -2.24. The topological polar surface area (TPSA) is 53.5 Å². The number of nitrogens with one attached hydrogen (secondary N) is 2. The Morgan fingerprint density at radius 3 is 2.43 bits per heavy atom. The van der Waals surface area contributed by atoms with Gasteiger partial charge in [-0.05, 0) is 24.6 Å². The molecule has 0 atom stereocenters. The minimum atomic E-state index is -4.48. The number of carbonyl (C=O) groups excluding carboxylic acids is 1. The molecule has 0 saturated carbocycles. The monoisotopic (exact) mass is 321 g/mol. The van der Waals surface area contributed by atoms with Crippen molar-refractivity contribution in [2.75, 3.05) is 5.32 Å². The number of halogens is 3. The number of hydrogen-bond donors (Lipinski definition) is 2. The van der Waals surface area contributed by atoms with Crippen LogP contribution in [0.15, 0.2) is 53.6 Å². The number of hydrogen-bond acceptors (Lipinski definition) is 2. The van der Waals surface area contributed by atoms with Crippen LogP contribution in [0.5, 0.6) is 0 Å². The number of alkyl halides is 3. The second-order valence-corrected chi connectivity index (χ2v) is 4.72. The predicted molar refractivity (Wildman–Crippen MR) is 82.4 cm³/mol. The van der Waals surface area contributed by atoms with Crippen molar-refractivity contribution in [2.24, 2.45) is 5.10 Å². The molecule has 0 spiro atoms. The summed E-state index contributed by atoms with van der Waals surface area (Å²) in [5.74, 6) is 0. The number of hydrazone groups is 1. The minimum Gasteiger partial charge on any atom is -0.306 e. The highest BCUT2D eigenvalue weighted by atomic mass is 19.4. The molecule has 0 aliphatic rings. The molecule has 0 aromatic heterocycles. The number of benzene rings is 2. The molecule has 0 aliphatic heterocycles. The summed E-state index contributed by atoms with van der Waals surface area (Å²) in [5.41, 5.74) is 2.64. The third-order valence-corrected chi connectivity index (χ3v) is 3.03. The Hall–Kier alpha value is -2.83. The van der Waals surface area contributed by atoms with Crippen LogP contribution in [0.4, 0.5) is 23.7 Å². The molecule has 2 aromatic rings. The number of urea groups is 1. The smallest absolute Gasteiger partial charge is 0.306 e. The lowest BCUT2D eigenvalue weighted by atomic mass is 10.1. The van der Waals surface area contributed by atoms with Crippen LogP contribution in [0, 0.1) is 6.92 Å². The average molecular weight is 321 g/mol. The first kappa shape index (κ1) is 16.5. The van der Waals surface area contributed by atoms with Crippen molar-refractivity contribution in [2.45, 2.75) is 13.1 Å². The third-order valence-electron chi connectivity index (χ3n) is 3.03. The second kappa shape index (κ2) is 6.95. The van der Waals surface area contributed by atoms with Crippen molar-refractivity contribution in [3.63, 3.8) is 0 Å². The maximum Gasteiger partial charge on any atom is 0.417 e. The Kier molecular flexibility index (Phi) is 5.00. The zero-order valence-electron chi connectivity index (χ0n) is 12.2. The molecular formula is C16H14F3N3O. The molecule has 23 heavy (non-hydrogen) atoms. The van der Waals surface area contributed by atoms with Gasteiger partial charge in [0.15, 0.2) is 0 Å². The van der Waals surface area contributed by atoms with E-state index < -0.39 is 17.8 Å². The number of carbonyl (C=O) groups is 1. The van der Waals surface area contributed by atoms with Gasteiger partial charge in [0.05, 0.1) is 11.8 Å². The predicted octanol–water partition coefficient (Wildman–Crippen LogP) is 4.17. The molecule has 120 valence electrons.